The van der Waals surface area contributed by atoms with Crippen LogP contribution in [0.25, 0.3) is 0 Å². The Balaban J connectivity index is 1.65. The Labute approximate surface area is 188 Å². The van der Waals surface area contributed by atoms with Gasteiger partial charge in [0.1, 0.15) is 0 Å². The average Bonchev–Trinajstić information content (AvgIpc) is 3.08. The van der Waals surface area contributed by atoms with E-state index in [1.807, 2.05) is 44.0 Å². The molecule has 166 valence electrons. The lowest BCUT2D eigenvalue weighted by atomic mass is 10.1. The zero-order valence-electron chi connectivity index (χ0n) is 18.8. The summed E-state index contributed by atoms with van der Waals surface area (Å²) in [6, 6.07) is 18.1. The van der Waals surface area contributed by atoms with E-state index in [0.717, 1.165) is 11.3 Å². The van der Waals surface area contributed by atoms with Gasteiger partial charge in [0.15, 0.2) is 5.78 Å². The number of ketones is 1. The Morgan fingerprint density at radius 1 is 0.906 bits per heavy atom. The van der Waals surface area contributed by atoms with Crippen LogP contribution < -0.4 is 10.7 Å². The Morgan fingerprint density at radius 2 is 1.53 bits per heavy atom. The van der Waals surface area contributed by atoms with Crippen LogP contribution in [0.15, 0.2) is 60.7 Å². The molecule has 0 spiro atoms. The number of carbonyl (C=O) groups excluding carboxylic acids is 3. The van der Waals surface area contributed by atoms with E-state index in [1.54, 1.807) is 54.2 Å². The second-order valence-corrected chi connectivity index (χ2v) is 7.80. The third-order valence-electron chi connectivity index (χ3n) is 5.29. The van der Waals surface area contributed by atoms with Gasteiger partial charge in [-0.25, -0.2) is 0 Å². The summed E-state index contributed by atoms with van der Waals surface area (Å²) in [6.07, 6.45) is 0. The third-order valence-corrected chi connectivity index (χ3v) is 5.29. The highest BCUT2D eigenvalue weighted by molar-refractivity contribution is 6.01. The Bertz CT molecular complexity index is 1120. The fourth-order valence-corrected chi connectivity index (χ4v) is 3.58. The summed E-state index contributed by atoms with van der Waals surface area (Å²) in [5.74, 6) is -0.388. The van der Waals surface area contributed by atoms with Gasteiger partial charge in [0.05, 0.1) is 6.54 Å². The Morgan fingerprint density at radius 3 is 2.16 bits per heavy atom. The van der Waals surface area contributed by atoms with Crippen molar-refractivity contribution in [3.8, 4) is 0 Å². The van der Waals surface area contributed by atoms with E-state index >= 15 is 0 Å². The number of Topliss-reactive ketones (excluding diaryl/α,β-unsaturated/α-hetero) is 1. The number of aryl methyl sites for hydroxylation is 1. The van der Waals surface area contributed by atoms with Gasteiger partial charge in [-0.15, -0.1) is 0 Å². The standard InChI is InChI=1S/C25H28N4O3/c1-17-14-22(18(2)29(17)27-25(32)20-8-6-5-7-9-20)23(30)16-28(4)15-19-10-12-21(13-11-19)24(31)26-3/h5-14H,15-16H2,1-4H3,(H,26,31)(H,27,32). The Hall–Kier alpha value is -3.71. The highest BCUT2D eigenvalue weighted by atomic mass is 16.2. The number of aromatic nitrogens is 1. The quantitative estimate of drug-likeness (QED) is 0.536. The van der Waals surface area contributed by atoms with Crippen LogP contribution in [0, 0.1) is 13.8 Å². The van der Waals surface area contributed by atoms with E-state index in [2.05, 4.69) is 10.7 Å². The molecule has 2 N–H and O–H groups in total. The first-order valence-corrected chi connectivity index (χ1v) is 10.4. The molecular weight excluding hydrogens is 404 g/mol. The molecule has 2 aromatic carbocycles. The van der Waals surface area contributed by atoms with Crippen molar-refractivity contribution in [2.75, 3.05) is 26.1 Å². The van der Waals surface area contributed by atoms with Crippen LogP contribution in [-0.2, 0) is 6.54 Å². The lowest BCUT2D eigenvalue weighted by Crippen LogP contribution is -2.27. The zero-order chi connectivity index (χ0) is 23.3. The molecule has 3 rings (SSSR count). The summed E-state index contributed by atoms with van der Waals surface area (Å²) in [7, 11) is 3.47. The zero-order valence-corrected chi connectivity index (χ0v) is 18.8. The van der Waals surface area contributed by atoms with Gasteiger partial charge in [-0.05, 0) is 56.8 Å². The minimum absolute atomic E-state index is 0.0252. The highest BCUT2D eigenvalue weighted by Crippen LogP contribution is 2.16. The summed E-state index contributed by atoms with van der Waals surface area (Å²) in [5, 5.41) is 2.60. The third kappa shape index (κ3) is 5.31. The van der Waals surface area contributed by atoms with Crippen LogP contribution in [0.4, 0.5) is 0 Å². The molecule has 1 heterocycles. The van der Waals surface area contributed by atoms with Crippen molar-refractivity contribution in [3.05, 3.63) is 94.3 Å². The van der Waals surface area contributed by atoms with E-state index < -0.39 is 0 Å². The van der Waals surface area contributed by atoms with Crippen LogP contribution in [-0.4, -0.2) is 47.8 Å². The largest absolute Gasteiger partial charge is 0.355 e. The van der Waals surface area contributed by atoms with Crippen molar-refractivity contribution in [1.29, 1.82) is 0 Å². The molecule has 32 heavy (non-hydrogen) atoms. The minimum Gasteiger partial charge on any atom is -0.355 e. The van der Waals surface area contributed by atoms with E-state index in [1.165, 1.54) is 0 Å². The number of likely N-dealkylation sites (N-methyl/N-ethyl adjacent to an activating group) is 1. The highest BCUT2D eigenvalue weighted by Gasteiger charge is 2.19. The fraction of sp³-hybridized carbons (Fsp3) is 0.240. The maximum absolute atomic E-state index is 12.9. The molecule has 0 aliphatic carbocycles. The molecule has 7 heteroatoms. The van der Waals surface area contributed by atoms with Gasteiger partial charge in [-0.1, -0.05) is 30.3 Å². The predicted octanol–water partition coefficient (Wildman–Crippen LogP) is 3.16. The summed E-state index contributed by atoms with van der Waals surface area (Å²) in [5.41, 5.74) is 7.07. The molecule has 0 aliphatic heterocycles. The molecule has 7 nitrogen and oxygen atoms in total. The van der Waals surface area contributed by atoms with Crippen LogP contribution in [0.2, 0.25) is 0 Å². The summed E-state index contributed by atoms with van der Waals surface area (Å²) in [6.45, 7) is 4.48. The van der Waals surface area contributed by atoms with Crippen LogP contribution >= 0.6 is 0 Å². The fourth-order valence-electron chi connectivity index (χ4n) is 3.58. The number of nitrogens with zero attached hydrogens (tertiary/aromatic N) is 2. The maximum Gasteiger partial charge on any atom is 0.270 e. The van der Waals surface area contributed by atoms with Crippen molar-refractivity contribution in [2.45, 2.75) is 20.4 Å². The predicted molar refractivity (Wildman–Crippen MR) is 125 cm³/mol. The van der Waals surface area contributed by atoms with Crippen molar-refractivity contribution < 1.29 is 14.4 Å². The SMILES string of the molecule is CNC(=O)c1ccc(CN(C)CC(=O)c2cc(C)n(NC(=O)c3ccccc3)c2C)cc1. The molecule has 0 atom stereocenters. The van der Waals surface area contributed by atoms with Gasteiger partial charge in [0.2, 0.25) is 0 Å². The average molecular weight is 433 g/mol. The Kier molecular flexibility index (Phi) is 7.22. The second kappa shape index (κ2) is 10.1. The molecule has 0 bridgehead atoms. The van der Waals surface area contributed by atoms with Crippen LogP contribution in [0.1, 0.15) is 48.0 Å². The normalized spacial score (nSPS) is 10.8. The number of rotatable bonds is 8. The summed E-state index contributed by atoms with van der Waals surface area (Å²) in [4.78, 5) is 39.0. The van der Waals surface area contributed by atoms with Crippen LogP contribution in [0.5, 0.6) is 0 Å². The van der Waals surface area contributed by atoms with Crippen molar-refractivity contribution in [3.63, 3.8) is 0 Å². The van der Waals surface area contributed by atoms with Gasteiger partial charge in [-0.2, -0.15) is 0 Å². The molecule has 3 aromatic rings. The van der Waals surface area contributed by atoms with Gasteiger partial charge in [0.25, 0.3) is 11.8 Å². The lowest BCUT2D eigenvalue weighted by molar-refractivity contribution is 0.0939. The molecule has 0 radical (unpaired) electrons. The summed E-state index contributed by atoms with van der Waals surface area (Å²) < 4.78 is 1.65. The molecule has 2 amide bonds. The number of hydrogen-bond donors (Lipinski definition) is 2. The minimum atomic E-state index is -0.233. The molecule has 0 saturated carbocycles. The van der Waals surface area contributed by atoms with E-state index in [4.69, 9.17) is 0 Å². The first-order valence-electron chi connectivity index (χ1n) is 10.4. The molecule has 0 fully saturated rings. The monoisotopic (exact) mass is 432 g/mol. The van der Waals surface area contributed by atoms with Crippen LogP contribution in [0.3, 0.4) is 0 Å². The first-order chi connectivity index (χ1) is 15.3. The number of amides is 2. The number of hydrogen-bond acceptors (Lipinski definition) is 4. The summed E-state index contributed by atoms with van der Waals surface area (Å²) >= 11 is 0. The van der Waals surface area contributed by atoms with Crippen molar-refractivity contribution in [1.82, 2.24) is 14.9 Å². The molecule has 0 unspecified atom stereocenters. The lowest BCUT2D eigenvalue weighted by Gasteiger charge is -2.16. The molecule has 1 aromatic heterocycles. The van der Waals surface area contributed by atoms with Gasteiger partial charge in [0, 0.05) is 41.7 Å². The number of nitrogens with one attached hydrogen (secondary N) is 2. The first kappa shape index (κ1) is 23.0. The van der Waals surface area contributed by atoms with Gasteiger partial charge < -0.3 is 5.32 Å². The van der Waals surface area contributed by atoms with Gasteiger partial charge in [-0.3, -0.25) is 29.4 Å². The topological polar surface area (TPSA) is 83.4 Å². The van der Waals surface area contributed by atoms with Gasteiger partial charge >= 0.3 is 0 Å². The molecule has 0 aliphatic rings. The number of carbonyl (C=O) groups is 3. The van der Waals surface area contributed by atoms with E-state index in [0.29, 0.717) is 28.9 Å². The maximum atomic E-state index is 12.9. The molecular formula is C25H28N4O3. The van der Waals surface area contributed by atoms with E-state index in [-0.39, 0.29) is 24.1 Å². The number of benzene rings is 2. The van der Waals surface area contributed by atoms with E-state index in [9.17, 15) is 14.4 Å². The van der Waals surface area contributed by atoms with Crippen molar-refractivity contribution >= 4 is 17.6 Å². The van der Waals surface area contributed by atoms with Crippen molar-refractivity contribution in [2.24, 2.45) is 0 Å². The smallest absolute Gasteiger partial charge is 0.270 e. The second-order valence-electron chi connectivity index (χ2n) is 7.80. The molecule has 0 saturated heterocycles.